The maximum absolute atomic E-state index is 10.1. The van der Waals surface area contributed by atoms with Gasteiger partial charge in [0.05, 0.1) is 11.2 Å². The summed E-state index contributed by atoms with van der Waals surface area (Å²) in [6.07, 6.45) is 9.82. The van der Waals surface area contributed by atoms with Gasteiger partial charge in [-0.1, -0.05) is 26.2 Å². The van der Waals surface area contributed by atoms with Gasteiger partial charge in [-0.2, -0.15) is 0 Å². The van der Waals surface area contributed by atoms with Crippen molar-refractivity contribution in [2.75, 3.05) is 19.7 Å². The van der Waals surface area contributed by atoms with Crippen LogP contribution in [-0.2, 0) is 4.74 Å². The summed E-state index contributed by atoms with van der Waals surface area (Å²) in [7, 11) is 0. The van der Waals surface area contributed by atoms with Gasteiger partial charge in [0.25, 0.3) is 0 Å². The highest BCUT2D eigenvalue weighted by Gasteiger charge is 2.47. The fourth-order valence-electron chi connectivity index (χ4n) is 4.05. The van der Waals surface area contributed by atoms with Crippen LogP contribution in [0, 0.1) is 0 Å². The summed E-state index contributed by atoms with van der Waals surface area (Å²) in [5.74, 6) is 0. The third-order valence-electron chi connectivity index (χ3n) is 5.40. The highest BCUT2D eigenvalue weighted by Crippen LogP contribution is 2.41. The van der Waals surface area contributed by atoms with Crippen LogP contribution >= 0.6 is 0 Å². The van der Waals surface area contributed by atoms with Crippen molar-refractivity contribution in [1.82, 2.24) is 4.90 Å². The van der Waals surface area contributed by atoms with E-state index in [1.54, 1.807) is 0 Å². The molecule has 2 heterocycles. The summed E-state index contributed by atoms with van der Waals surface area (Å²) in [5.41, 5.74) is -0.195. The van der Waals surface area contributed by atoms with Gasteiger partial charge in [-0.05, 0) is 32.1 Å². The van der Waals surface area contributed by atoms with E-state index in [9.17, 15) is 5.11 Å². The molecule has 3 heteroatoms. The molecule has 2 aliphatic heterocycles. The Hall–Kier alpha value is -0.120. The normalized spacial score (nSPS) is 35.3. The largest absolute Gasteiger partial charge is 0.387 e. The number of ether oxygens (including phenoxy) is 1. The number of hydrogen-bond acceptors (Lipinski definition) is 3. The lowest BCUT2D eigenvalue weighted by molar-refractivity contribution is -0.168. The van der Waals surface area contributed by atoms with Crippen LogP contribution in [0.5, 0.6) is 0 Å². The van der Waals surface area contributed by atoms with Crippen molar-refractivity contribution >= 4 is 0 Å². The third-order valence-corrected chi connectivity index (χ3v) is 5.40. The molecule has 3 nitrogen and oxygen atoms in total. The van der Waals surface area contributed by atoms with Gasteiger partial charge in [-0.15, -0.1) is 0 Å². The lowest BCUT2D eigenvalue weighted by Gasteiger charge is -2.54. The summed E-state index contributed by atoms with van der Waals surface area (Å²) in [4.78, 5) is 2.49. The molecular formula is C15H27NO2. The minimum atomic E-state index is -0.391. The van der Waals surface area contributed by atoms with Gasteiger partial charge in [0, 0.05) is 25.7 Å². The molecule has 18 heavy (non-hydrogen) atoms. The van der Waals surface area contributed by atoms with Crippen LogP contribution in [-0.4, -0.2) is 46.9 Å². The molecule has 1 saturated carbocycles. The maximum atomic E-state index is 10.1. The first-order valence-electron chi connectivity index (χ1n) is 7.75. The minimum absolute atomic E-state index is 0.196. The van der Waals surface area contributed by atoms with Crippen molar-refractivity contribution in [3.05, 3.63) is 0 Å². The van der Waals surface area contributed by atoms with E-state index in [0.29, 0.717) is 6.04 Å². The molecule has 1 aliphatic carbocycles. The Kier molecular flexibility index (Phi) is 3.41. The summed E-state index contributed by atoms with van der Waals surface area (Å²) in [5, 5.41) is 10.1. The highest BCUT2D eigenvalue weighted by molar-refractivity contribution is 5.01. The lowest BCUT2D eigenvalue weighted by atomic mass is 9.76. The minimum Gasteiger partial charge on any atom is -0.387 e. The Balaban J connectivity index is 1.58. The van der Waals surface area contributed by atoms with Gasteiger partial charge in [0.2, 0.25) is 0 Å². The monoisotopic (exact) mass is 253 g/mol. The first-order valence-corrected chi connectivity index (χ1v) is 7.75. The van der Waals surface area contributed by atoms with Crippen LogP contribution < -0.4 is 0 Å². The van der Waals surface area contributed by atoms with Crippen molar-refractivity contribution in [3.8, 4) is 0 Å². The molecule has 1 atom stereocenters. The zero-order valence-corrected chi connectivity index (χ0v) is 11.7. The second-order valence-electron chi connectivity index (χ2n) is 6.72. The molecule has 104 valence electrons. The number of β-amino-alcohol motifs (C(OH)–C–C–N with tert-alkyl or cyclic N) is 1. The molecule has 0 radical (unpaired) electrons. The number of hydrogen-bond donors (Lipinski definition) is 1. The predicted molar refractivity (Wildman–Crippen MR) is 71.6 cm³/mol. The molecule has 0 amide bonds. The Labute approximate surface area is 110 Å². The van der Waals surface area contributed by atoms with E-state index in [2.05, 4.69) is 11.8 Å². The molecule has 1 N–H and O–H groups in total. The molecule has 1 unspecified atom stereocenters. The summed E-state index contributed by atoms with van der Waals surface area (Å²) < 4.78 is 6.14. The molecule has 0 bridgehead atoms. The second kappa shape index (κ2) is 4.77. The van der Waals surface area contributed by atoms with E-state index in [1.807, 2.05) is 0 Å². The van der Waals surface area contributed by atoms with Crippen molar-refractivity contribution in [2.24, 2.45) is 0 Å². The van der Waals surface area contributed by atoms with E-state index >= 15 is 0 Å². The smallest absolute Gasteiger partial charge is 0.0897 e. The highest BCUT2D eigenvalue weighted by atomic mass is 16.5. The van der Waals surface area contributed by atoms with Gasteiger partial charge >= 0.3 is 0 Å². The fraction of sp³-hybridized carbons (Fsp3) is 1.00. The average Bonchev–Trinajstić information content (AvgIpc) is 2.36. The zero-order chi connectivity index (χ0) is 12.6. The van der Waals surface area contributed by atoms with E-state index < -0.39 is 5.60 Å². The first kappa shape index (κ1) is 12.9. The van der Waals surface area contributed by atoms with Crippen molar-refractivity contribution in [1.29, 1.82) is 0 Å². The van der Waals surface area contributed by atoms with Crippen molar-refractivity contribution < 1.29 is 9.84 Å². The van der Waals surface area contributed by atoms with E-state index in [-0.39, 0.29) is 5.60 Å². The Morgan fingerprint density at radius 3 is 2.61 bits per heavy atom. The summed E-state index contributed by atoms with van der Waals surface area (Å²) in [6.45, 7) is 4.77. The molecular weight excluding hydrogens is 226 g/mol. The number of rotatable bonds is 2. The molecule has 1 spiro atoms. The zero-order valence-electron chi connectivity index (χ0n) is 11.7. The van der Waals surface area contributed by atoms with Crippen LogP contribution in [0.3, 0.4) is 0 Å². The Bertz CT molecular complexity index is 287. The Morgan fingerprint density at radius 1 is 1.22 bits per heavy atom. The molecule has 3 rings (SSSR count). The average molecular weight is 253 g/mol. The number of likely N-dealkylation sites (tertiary alicyclic amines) is 1. The first-order chi connectivity index (χ1) is 8.65. The molecule has 3 fully saturated rings. The standard InChI is InChI=1S/C15H27NO2/c1-2-14(17)11-16(12-14)13-6-9-18-15(10-13)7-4-3-5-8-15/h13,17H,2-12H2,1H3. The SMILES string of the molecule is CCC1(O)CN(C2CCOC3(CCCCC3)C2)C1. The van der Waals surface area contributed by atoms with Crippen LogP contribution in [0.2, 0.25) is 0 Å². The predicted octanol–water partition coefficient (Wildman–Crippen LogP) is 2.33. The van der Waals surface area contributed by atoms with Crippen molar-refractivity contribution in [3.63, 3.8) is 0 Å². The quantitative estimate of drug-likeness (QED) is 0.820. The fourth-order valence-corrected chi connectivity index (χ4v) is 4.05. The summed E-state index contributed by atoms with van der Waals surface area (Å²) in [6, 6.07) is 0.656. The molecule has 2 saturated heterocycles. The van der Waals surface area contributed by atoms with Gasteiger partial charge < -0.3 is 9.84 Å². The molecule has 0 aromatic carbocycles. The van der Waals surface area contributed by atoms with Crippen LogP contribution in [0.4, 0.5) is 0 Å². The number of nitrogens with zero attached hydrogens (tertiary/aromatic N) is 1. The second-order valence-corrected chi connectivity index (χ2v) is 6.72. The van der Waals surface area contributed by atoms with Crippen LogP contribution in [0.15, 0.2) is 0 Å². The van der Waals surface area contributed by atoms with Gasteiger partial charge in [0.15, 0.2) is 0 Å². The summed E-state index contributed by atoms with van der Waals surface area (Å²) >= 11 is 0. The topological polar surface area (TPSA) is 32.7 Å². The van der Waals surface area contributed by atoms with Gasteiger partial charge in [-0.3, -0.25) is 4.90 Å². The van der Waals surface area contributed by atoms with Crippen LogP contribution in [0.1, 0.15) is 58.3 Å². The molecule has 0 aromatic heterocycles. The third kappa shape index (κ3) is 2.33. The van der Waals surface area contributed by atoms with E-state index in [4.69, 9.17) is 4.74 Å². The van der Waals surface area contributed by atoms with Gasteiger partial charge in [0.1, 0.15) is 0 Å². The van der Waals surface area contributed by atoms with E-state index in [1.165, 1.54) is 38.5 Å². The van der Waals surface area contributed by atoms with Crippen LogP contribution in [0.25, 0.3) is 0 Å². The molecule has 0 aromatic rings. The van der Waals surface area contributed by atoms with Gasteiger partial charge in [-0.25, -0.2) is 0 Å². The number of aliphatic hydroxyl groups is 1. The van der Waals surface area contributed by atoms with E-state index in [0.717, 1.165) is 32.5 Å². The lowest BCUT2D eigenvalue weighted by Crippen LogP contribution is -2.66. The van der Waals surface area contributed by atoms with Crippen molar-refractivity contribution in [2.45, 2.75) is 75.5 Å². The maximum Gasteiger partial charge on any atom is 0.0897 e. The molecule has 3 aliphatic rings. The Morgan fingerprint density at radius 2 is 1.94 bits per heavy atom.